The van der Waals surface area contributed by atoms with Gasteiger partial charge >= 0.3 is 0 Å². The van der Waals surface area contributed by atoms with Crippen molar-refractivity contribution in [2.45, 2.75) is 40.3 Å². The van der Waals surface area contributed by atoms with Crippen molar-refractivity contribution >= 4 is 0 Å². The van der Waals surface area contributed by atoms with Gasteiger partial charge in [-0.1, -0.05) is 37.6 Å². The van der Waals surface area contributed by atoms with Crippen molar-refractivity contribution in [1.29, 1.82) is 0 Å². The smallest absolute Gasteiger partial charge is 0.0685 e. The van der Waals surface area contributed by atoms with E-state index in [0.29, 0.717) is 6.04 Å². The van der Waals surface area contributed by atoms with E-state index in [9.17, 15) is 5.11 Å². The molecule has 16 heavy (non-hydrogen) atoms. The zero-order valence-electron chi connectivity index (χ0n) is 10.8. The van der Waals surface area contributed by atoms with Gasteiger partial charge in [0.15, 0.2) is 0 Å². The molecule has 0 spiro atoms. The van der Waals surface area contributed by atoms with Crippen LogP contribution in [0, 0.1) is 6.92 Å². The van der Waals surface area contributed by atoms with E-state index >= 15 is 0 Å². The van der Waals surface area contributed by atoms with Gasteiger partial charge in [-0.25, -0.2) is 0 Å². The molecule has 0 radical (unpaired) electrons. The molecule has 1 N–H and O–H groups in total. The van der Waals surface area contributed by atoms with Gasteiger partial charge in [0.2, 0.25) is 0 Å². The summed E-state index contributed by atoms with van der Waals surface area (Å²) in [7, 11) is 0. The monoisotopic (exact) mass is 221 g/mol. The molecule has 0 amide bonds. The zero-order valence-corrected chi connectivity index (χ0v) is 10.8. The van der Waals surface area contributed by atoms with Crippen LogP contribution in [0.15, 0.2) is 18.2 Å². The van der Waals surface area contributed by atoms with Gasteiger partial charge in [-0.15, -0.1) is 0 Å². The molecular weight excluding hydrogens is 198 g/mol. The highest BCUT2D eigenvalue weighted by atomic mass is 16.3. The third-order valence-corrected chi connectivity index (χ3v) is 3.28. The lowest BCUT2D eigenvalue weighted by atomic mass is 9.98. The van der Waals surface area contributed by atoms with E-state index in [1.54, 1.807) is 0 Å². The highest BCUT2D eigenvalue weighted by molar-refractivity contribution is 5.33. The number of hydrogen-bond acceptors (Lipinski definition) is 2. The number of nitrogens with zero attached hydrogens (tertiary/aromatic N) is 1. The Kier molecular flexibility index (Phi) is 4.97. The van der Waals surface area contributed by atoms with Crippen LogP contribution in [0.1, 0.15) is 43.5 Å². The largest absolute Gasteiger partial charge is 0.392 e. The summed E-state index contributed by atoms with van der Waals surface area (Å²) < 4.78 is 0. The maximum Gasteiger partial charge on any atom is 0.0685 e. The minimum Gasteiger partial charge on any atom is -0.392 e. The van der Waals surface area contributed by atoms with Gasteiger partial charge in [-0.05, 0) is 38.1 Å². The lowest BCUT2D eigenvalue weighted by Gasteiger charge is -2.28. The van der Waals surface area contributed by atoms with Crippen LogP contribution in [0.4, 0.5) is 0 Å². The fraction of sp³-hybridized carbons (Fsp3) is 0.571. The van der Waals surface area contributed by atoms with Gasteiger partial charge in [-0.3, -0.25) is 4.90 Å². The van der Waals surface area contributed by atoms with E-state index in [4.69, 9.17) is 0 Å². The summed E-state index contributed by atoms with van der Waals surface area (Å²) in [4.78, 5) is 2.40. The summed E-state index contributed by atoms with van der Waals surface area (Å²) in [5.41, 5.74) is 3.56. The summed E-state index contributed by atoms with van der Waals surface area (Å²) in [6.45, 7) is 10.9. The second kappa shape index (κ2) is 6.02. The number of hydrogen-bond donors (Lipinski definition) is 1. The van der Waals surface area contributed by atoms with Gasteiger partial charge in [0.1, 0.15) is 0 Å². The summed E-state index contributed by atoms with van der Waals surface area (Å²) in [5.74, 6) is 0. The summed E-state index contributed by atoms with van der Waals surface area (Å²) in [6, 6.07) is 6.65. The van der Waals surface area contributed by atoms with Crippen molar-refractivity contribution in [3.05, 3.63) is 34.9 Å². The predicted molar refractivity (Wildman–Crippen MR) is 68.4 cm³/mol. The molecule has 2 heteroatoms. The molecule has 1 atom stereocenters. The van der Waals surface area contributed by atoms with Crippen LogP contribution in [-0.2, 0) is 6.61 Å². The molecule has 0 aliphatic carbocycles. The number of benzene rings is 1. The van der Waals surface area contributed by atoms with Gasteiger partial charge in [0.25, 0.3) is 0 Å². The van der Waals surface area contributed by atoms with Crippen molar-refractivity contribution in [1.82, 2.24) is 4.90 Å². The normalized spacial score (nSPS) is 13.1. The topological polar surface area (TPSA) is 23.5 Å². The molecule has 1 aromatic carbocycles. The quantitative estimate of drug-likeness (QED) is 0.826. The van der Waals surface area contributed by atoms with Gasteiger partial charge in [0, 0.05) is 6.04 Å². The van der Waals surface area contributed by atoms with E-state index in [-0.39, 0.29) is 6.61 Å². The second-order valence-electron chi connectivity index (χ2n) is 4.26. The molecule has 0 heterocycles. The highest BCUT2D eigenvalue weighted by Gasteiger charge is 2.15. The Morgan fingerprint density at radius 3 is 2.38 bits per heavy atom. The van der Waals surface area contributed by atoms with E-state index in [0.717, 1.165) is 18.7 Å². The van der Waals surface area contributed by atoms with E-state index in [1.807, 2.05) is 6.07 Å². The molecule has 0 saturated heterocycles. The van der Waals surface area contributed by atoms with Crippen LogP contribution >= 0.6 is 0 Å². The van der Waals surface area contributed by atoms with Crippen LogP contribution in [0.25, 0.3) is 0 Å². The first-order valence-electron chi connectivity index (χ1n) is 6.08. The van der Waals surface area contributed by atoms with Crippen molar-refractivity contribution in [2.24, 2.45) is 0 Å². The van der Waals surface area contributed by atoms with Gasteiger partial charge in [-0.2, -0.15) is 0 Å². The SMILES string of the molecule is CCN(CC)C(C)c1cc(C)ccc1CO. The molecule has 0 aliphatic heterocycles. The van der Waals surface area contributed by atoms with Crippen molar-refractivity contribution in [2.75, 3.05) is 13.1 Å². The van der Waals surface area contributed by atoms with Crippen LogP contribution in [0.5, 0.6) is 0 Å². The van der Waals surface area contributed by atoms with Crippen molar-refractivity contribution in [3.8, 4) is 0 Å². The lowest BCUT2D eigenvalue weighted by molar-refractivity contribution is 0.227. The maximum atomic E-state index is 9.37. The van der Waals surface area contributed by atoms with Crippen LogP contribution in [0.2, 0.25) is 0 Å². The Balaban J connectivity index is 3.04. The van der Waals surface area contributed by atoms with Crippen molar-refractivity contribution < 1.29 is 5.11 Å². The van der Waals surface area contributed by atoms with E-state index in [1.165, 1.54) is 11.1 Å². The fourth-order valence-electron chi connectivity index (χ4n) is 2.22. The number of aryl methyl sites for hydroxylation is 1. The molecular formula is C14H23NO. The van der Waals surface area contributed by atoms with Crippen molar-refractivity contribution in [3.63, 3.8) is 0 Å². The molecule has 1 rings (SSSR count). The van der Waals surface area contributed by atoms with Crippen LogP contribution in [-0.4, -0.2) is 23.1 Å². The van der Waals surface area contributed by atoms with E-state index < -0.39 is 0 Å². The summed E-state index contributed by atoms with van der Waals surface area (Å²) in [6.07, 6.45) is 0. The average Bonchev–Trinajstić information content (AvgIpc) is 2.30. The molecule has 90 valence electrons. The second-order valence-corrected chi connectivity index (χ2v) is 4.26. The first-order chi connectivity index (χ1) is 7.63. The number of aliphatic hydroxyl groups excluding tert-OH is 1. The molecule has 0 bridgehead atoms. The Morgan fingerprint density at radius 2 is 1.88 bits per heavy atom. The first kappa shape index (κ1) is 13.2. The molecule has 2 nitrogen and oxygen atoms in total. The molecule has 0 aliphatic rings. The molecule has 0 saturated carbocycles. The standard InChI is InChI=1S/C14H23NO/c1-5-15(6-2)12(4)14-9-11(3)7-8-13(14)10-16/h7-9,12,16H,5-6,10H2,1-4H3. The Labute approximate surface area is 98.9 Å². The molecule has 0 aromatic heterocycles. The average molecular weight is 221 g/mol. The molecule has 1 unspecified atom stereocenters. The summed E-state index contributed by atoms with van der Waals surface area (Å²) >= 11 is 0. The Bertz CT molecular complexity index is 332. The van der Waals surface area contributed by atoms with Crippen LogP contribution < -0.4 is 0 Å². The van der Waals surface area contributed by atoms with Gasteiger partial charge in [0.05, 0.1) is 6.61 Å². The zero-order chi connectivity index (χ0) is 12.1. The fourth-order valence-corrected chi connectivity index (χ4v) is 2.22. The Hall–Kier alpha value is -0.860. The summed E-state index contributed by atoms with van der Waals surface area (Å²) in [5, 5.41) is 9.37. The third-order valence-electron chi connectivity index (χ3n) is 3.28. The molecule has 0 fully saturated rings. The maximum absolute atomic E-state index is 9.37. The third kappa shape index (κ3) is 2.83. The minimum absolute atomic E-state index is 0.126. The predicted octanol–water partition coefficient (Wildman–Crippen LogP) is 2.89. The van der Waals surface area contributed by atoms with Crippen LogP contribution in [0.3, 0.4) is 0 Å². The Morgan fingerprint density at radius 1 is 1.25 bits per heavy atom. The minimum atomic E-state index is 0.126. The van der Waals surface area contributed by atoms with E-state index in [2.05, 4.69) is 44.7 Å². The lowest BCUT2D eigenvalue weighted by Crippen LogP contribution is -2.27. The number of rotatable bonds is 5. The first-order valence-corrected chi connectivity index (χ1v) is 6.08. The highest BCUT2D eigenvalue weighted by Crippen LogP contribution is 2.24. The van der Waals surface area contributed by atoms with Gasteiger partial charge < -0.3 is 5.11 Å². The number of aliphatic hydroxyl groups is 1. The molecule has 1 aromatic rings.